The quantitative estimate of drug-likeness (QED) is 0.647. The van der Waals surface area contributed by atoms with Crippen molar-refractivity contribution in [1.82, 2.24) is 15.0 Å². The number of hydrogen-bond donors (Lipinski definition) is 0. The predicted octanol–water partition coefficient (Wildman–Crippen LogP) is 2.23. The molecular formula is C11H19N3O. The van der Waals surface area contributed by atoms with E-state index < -0.39 is 0 Å². The Hall–Kier alpha value is -1.19. The smallest absolute Gasteiger partial charge is 0.172 e. The molecule has 0 aliphatic carbocycles. The fraction of sp³-hybridized carbons (Fsp3) is 0.727. The van der Waals surface area contributed by atoms with Crippen molar-refractivity contribution in [2.45, 2.75) is 52.5 Å². The molecule has 0 aliphatic rings. The van der Waals surface area contributed by atoms with Crippen LogP contribution < -0.4 is 0 Å². The first-order valence-electron chi connectivity index (χ1n) is 5.71. The molecule has 0 N–H and O–H groups in total. The summed E-state index contributed by atoms with van der Waals surface area (Å²) in [6, 6.07) is 0. The molecule has 4 nitrogen and oxygen atoms in total. The van der Waals surface area contributed by atoms with E-state index >= 15 is 0 Å². The van der Waals surface area contributed by atoms with Gasteiger partial charge in [-0.05, 0) is 19.3 Å². The Kier molecular flexibility index (Phi) is 5.01. The highest BCUT2D eigenvalue weighted by Crippen LogP contribution is 2.09. The van der Waals surface area contributed by atoms with E-state index in [0.29, 0.717) is 5.69 Å². The Labute approximate surface area is 90.7 Å². The fourth-order valence-electron chi connectivity index (χ4n) is 1.53. The molecule has 1 aromatic heterocycles. The first-order valence-corrected chi connectivity index (χ1v) is 5.71. The van der Waals surface area contributed by atoms with Crippen molar-refractivity contribution in [1.29, 1.82) is 0 Å². The number of aldehydes is 1. The topological polar surface area (TPSA) is 47.8 Å². The molecule has 0 saturated heterocycles. The van der Waals surface area contributed by atoms with Gasteiger partial charge < -0.3 is 0 Å². The van der Waals surface area contributed by atoms with Gasteiger partial charge in [-0.15, -0.1) is 5.10 Å². The van der Waals surface area contributed by atoms with Gasteiger partial charge >= 0.3 is 0 Å². The van der Waals surface area contributed by atoms with Crippen LogP contribution in [0.2, 0.25) is 0 Å². The summed E-state index contributed by atoms with van der Waals surface area (Å²) in [4.78, 5) is 10.8. The third-order valence-corrected chi connectivity index (χ3v) is 2.47. The standard InChI is InChI=1S/C11H19N3O/c1-3-5-7-11-10(9-15)12-13-14(11)8-6-4-2/h9H,3-8H2,1-2H3. The minimum absolute atomic E-state index is 0.513. The van der Waals surface area contributed by atoms with Crippen LogP contribution in [0.4, 0.5) is 0 Å². The van der Waals surface area contributed by atoms with Crippen LogP contribution in [0.1, 0.15) is 55.7 Å². The molecule has 15 heavy (non-hydrogen) atoms. The van der Waals surface area contributed by atoms with Crippen LogP contribution >= 0.6 is 0 Å². The summed E-state index contributed by atoms with van der Waals surface area (Å²) in [5.74, 6) is 0. The second-order valence-electron chi connectivity index (χ2n) is 3.72. The molecular weight excluding hydrogens is 190 g/mol. The van der Waals surface area contributed by atoms with E-state index in [1.54, 1.807) is 0 Å². The summed E-state index contributed by atoms with van der Waals surface area (Å²) < 4.78 is 1.88. The zero-order chi connectivity index (χ0) is 11.1. The summed E-state index contributed by atoms with van der Waals surface area (Å²) >= 11 is 0. The average molecular weight is 209 g/mol. The van der Waals surface area contributed by atoms with Gasteiger partial charge in [0.1, 0.15) is 5.69 Å². The second kappa shape index (κ2) is 6.32. The van der Waals surface area contributed by atoms with Gasteiger partial charge in [0.2, 0.25) is 0 Å². The number of aromatic nitrogens is 3. The second-order valence-corrected chi connectivity index (χ2v) is 3.72. The van der Waals surface area contributed by atoms with Gasteiger partial charge in [-0.1, -0.05) is 31.9 Å². The normalized spacial score (nSPS) is 10.5. The predicted molar refractivity (Wildman–Crippen MR) is 58.9 cm³/mol. The number of unbranched alkanes of at least 4 members (excludes halogenated alkanes) is 2. The van der Waals surface area contributed by atoms with Crippen molar-refractivity contribution in [3.05, 3.63) is 11.4 Å². The Morgan fingerprint density at radius 1 is 1.27 bits per heavy atom. The highest BCUT2D eigenvalue weighted by molar-refractivity contribution is 5.73. The van der Waals surface area contributed by atoms with E-state index in [0.717, 1.165) is 50.6 Å². The lowest BCUT2D eigenvalue weighted by atomic mass is 10.1. The maximum Gasteiger partial charge on any atom is 0.172 e. The summed E-state index contributed by atoms with van der Waals surface area (Å²) in [5, 5.41) is 7.90. The molecule has 0 bridgehead atoms. The third kappa shape index (κ3) is 3.15. The minimum Gasteiger partial charge on any atom is -0.296 e. The number of carbonyl (C=O) groups is 1. The molecule has 1 rings (SSSR count). The van der Waals surface area contributed by atoms with E-state index in [2.05, 4.69) is 24.2 Å². The van der Waals surface area contributed by atoms with Gasteiger partial charge in [-0.2, -0.15) is 0 Å². The van der Waals surface area contributed by atoms with Gasteiger partial charge in [-0.25, -0.2) is 4.68 Å². The van der Waals surface area contributed by atoms with E-state index in [1.165, 1.54) is 0 Å². The monoisotopic (exact) mass is 209 g/mol. The van der Waals surface area contributed by atoms with Crippen LogP contribution in [-0.4, -0.2) is 21.3 Å². The van der Waals surface area contributed by atoms with E-state index in [1.807, 2.05) is 4.68 Å². The minimum atomic E-state index is 0.513. The maximum atomic E-state index is 10.8. The molecule has 0 unspecified atom stereocenters. The van der Waals surface area contributed by atoms with Crippen LogP contribution in [0.3, 0.4) is 0 Å². The zero-order valence-electron chi connectivity index (χ0n) is 9.57. The Bertz CT molecular complexity index is 307. The van der Waals surface area contributed by atoms with Crippen molar-refractivity contribution < 1.29 is 4.79 Å². The van der Waals surface area contributed by atoms with Crippen LogP contribution in [0.5, 0.6) is 0 Å². The highest BCUT2D eigenvalue weighted by atomic mass is 16.1. The summed E-state index contributed by atoms with van der Waals surface area (Å²) in [6.07, 6.45) is 6.13. The molecule has 0 aliphatic heterocycles. The number of hydrogen-bond acceptors (Lipinski definition) is 3. The van der Waals surface area contributed by atoms with Gasteiger partial charge in [0.05, 0.1) is 5.69 Å². The fourth-order valence-corrected chi connectivity index (χ4v) is 1.53. The molecule has 0 aromatic carbocycles. The van der Waals surface area contributed by atoms with Crippen molar-refractivity contribution in [3.8, 4) is 0 Å². The summed E-state index contributed by atoms with van der Waals surface area (Å²) in [7, 11) is 0. The molecule has 1 aromatic rings. The first-order chi connectivity index (χ1) is 7.33. The molecule has 4 heteroatoms. The summed E-state index contributed by atoms with van der Waals surface area (Å²) in [5.41, 5.74) is 1.51. The Morgan fingerprint density at radius 2 is 2.00 bits per heavy atom. The van der Waals surface area contributed by atoms with Crippen LogP contribution in [0.15, 0.2) is 0 Å². The number of nitrogens with zero attached hydrogens (tertiary/aromatic N) is 3. The lowest BCUT2D eigenvalue weighted by Crippen LogP contribution is -2.06. The lowest BCUT2D eigenvalue weighted by molar-refractivity contribution is 0.111. The largest absolute Gasteiger partial charge is 0.296 e. The highest BCUT2D eigenvalue weighted by Gasteiger charge is 2.10. The molecule has 84 valence electrons. The lowest BCUT2D eigenvalue weighted by Gasteiger charge is -2.04. The Morgan fingerprint density at radius 3 is 2.60 bits per heavy atom. The van der Waals surface area contributed by atoms with Crippen LogP contribution in [-0.2, 0) is 13.0 Å². The van der Waals surface area contributed by atoms with Crippen LogP contribution in [0.25, 0.3) is 0 Å². The van der Waals surface area contributed by atoms with Gasteiger partial charge in [0.15, 0.2) is 6.29 Å². The van der Waals surface area contributed by atoms with Gasteiger partial charge in [0.25, 0.3) is 0 Å². The molecule has 0 fully saturated rings. The number of rotatable bonds is 7. The average Bonchev–Trinajstić information content (AvgIpc) is 2.65. The number of aryl methyl sites for hydroxylation is 1. The zero-order valence-corrected chi connectivity index (χ0v) is 9.57. The van der Waals surface area contributed by atoms with Crippen LogP contribution in [0, 0.1) is 0 Å². The molecule has 0 atom stereocenters. The SMILES string of the molecule is CCCCc1c(C=O)nnn1CCCC. The van der Waals surface area contributed by atoms with Gasteiger partial charge in [0, 0.05) is 6.54 Å². The molecule has 1 heterocycles. The van der Waals surface area contributed by atoms with E-state index in [9.17, 15) is 4.79 Å². The first kappa shape index (κ1) is 11.9. The maximum absolute atomic E-state index is 10.8. The van der Waals surface area contributed by atoms with E-state index in [-0.39, 0.29) is 0 Å². The molecule has 0 amide bonds. The Balaban J connectivity index is 2.75. The molecule has 0 saturated carbocycles. The van der Waals surface area contributed by atoms with Crippen molar-refractivity contribution >= 4 is 6.29 Å². The van der Waals surface area contributed by atoms with Crippen molar-refractivity contribution in [2.24, 2.45) is 0 Å². The van der Waals surface area contributed by atoms with E-state index in [4.69, 9.17) is 0 Å². The molecule has 0 spiro atoms. The van der Waals surface area contributed by atoms with Crippen molar-refractivity contribution in [2.75, 3.05) is 0 Å². The van der Waals surface area contributed by atoms with Crippen molar-refractivity contribution in [3.63, 3.8) is 0 Å². The summed E-state index contributed by atoms with van der Waals surface area (Å²) in [6.45, 7) is 5.15. The third-order valence-electron chi connectivity index (χ3n) is 2.47. The number of carbonyl (C=O) groups excluding carboxylic acids is 1. The molecule has 0 radical (unpaired) electrons. The van der Waals surface area contributed by atoms with Gasteiger partial charge in [-0.3, -0.25) is 4.79 Å².